The van der Waals surface area contributed by atoms with Gasteiger partial charge >= 0.3 is 0 Å². The van der Waals surface area contributed by atoms with Gasteiger partial charge in [0.05, 0.1) is 43.3 Å². The second kappa shape index (κ2) is 7.93. The first-order valence-electron chi connectivity index (χ1n) is 9.43. The number of methoxy groups -OCH3 is 1. The largest absolute Gasteiger partial charge is 0.497 e. The van der Waals surface area contributed by atoms with Gasteiger partial charge in [-0.3, -0.25) is 9.79 Å². The van der Waals surface area contributed by atoms with Crippen molar-refractivity contribution < 1.29 is 13.9 Å². The van der Waals surface area contributed by atoms with E-state index in [1.807, 2.05) is 60.5 Å². The molecule has 1 aromatic heterocycles. The molecule has 0 saturated carbocycles. The van der Waals surface area contributed by atoms with E-state index in [0.29, 0.717) is 12.1 Å². The van der Waals surface area contributed by atoms with Crippen molar-refractivity contribution in [2.45, 2.75) is 12.1 Å². The normalized spacial score (nSPS) is 17.1. The lowest BCUT2D eigenvalue weighted by atomic mass is 9.98. The summed E-state index contributed by atoms with van der Waals surface area (Å²) in [6.45, 7) is 0.391. The Bertz CT molecular complexity index is 1030. The number of aliphatic imine (C=N–C) groups is 1. The van der Waals surface area contributed by atoms with Crippen LogP contribution in [0.2, 0.25) is 0 Å². The summed E-state index contributed by atoms with van der Waals surface area (Å²) in [4.78, 5) is 19.8. The predicted octanol–water partition coefficient (Wildman–Crippen LogP) is 3.15. The van der Waals surface area contributed by atoms with Gasteiger partial charge in [0.1, 0.15) is 12.0 Å². The number of anilines is 1. The highest BCUT2D eigenvalue weighted by atomic mass is 16.5. The quantitative estimate of drug-likeness (QED) is 0.678. The van der Waals surface area contributed by atoms with Crippen LogP contribution in [0.4, 0.5) is 5.69 Å². The molecule has 0 radical (unpaired) electrons. The van der Waals surface area contributed by atoms with Crippen molar-refractivity contribution in [1.29, 1.82) is 0 Å². The highest BCUT2D eigenvalue weighted by Crippen LogP contribution is 2.32. The first kappa shape index (κ1) is 19.0. The number of hydrogen-bond donors (Lipinski definition) is 1. The van der Waals surface area contributed by atoms with Gasteiger partial charge in [0.2, 0.25) is 0 Å². The van der Waals surface area contributed by atoms with Crippen molar-refractivity contribution >= 4 is 17.2 Å². The van der Waals surface area contributed by atoms with Crippen molar-refractivity contribution in [3.8, 4) is 5.75 Å². The summed E-state index contributed by atoms with van der Waals surface area (Å²) in [6.07, 6.45) is 2.90. The third-order valence-corrected chi connectivity index (χ3v) is 5.34. The number of fused-ring (bicyclic) bond motifs is 1. The summed E-state index contributed by atoms with van der Waals surface area (Å²) in [5.41, 5.74) is 10.7. The van der Waals surface area contributed by atoms with Crippen LogP contribution in [0.15, 0.2) is 76.5 Å². The second-order valence-electron chi connectivity index (χ2n) is 7.02. The van der Waals surface area contributed by atoms with E-state index < -0.39 is 6.04 Å². The molecule has 2 heterocycles. The summed E-state index contributed by atoms with van der Waals surface area (Å²) < 4.78 is 10.5. The Morgan fingerprint density at radius 2 is 2.03 bits per heavy atom. The van der Waals surface area contributed by atoms with Crippen LogP contribution >= 0.6 is 0 Å². The van der Waals surface area contributed by atoms with Gasteiger partial charge in [-0.2, -0.15) is 0 Å². The standard InChI is InChI=1S/C23H23N3O3/c1-26-19-12-17(28-2)8-9-18(19)22(15-6-4-3-5-7-15)25-13-20(26)21(24)23(27)16-10-11-29-14-16/h3-12,14,20-21H,13,24H2,1-2H3. The Morgan fingerprint density at radius 1 is 1.24 bits per heavy atom. The van der Waals surface area contributed by atoms with E-state index in [1.54, 1.807) is 13.2 Å². The van der Waals surface area contributed by atoms with Gasteiger partial charge in [-0.15, -0.1) is 0 Å². The van der Waals surface area contributed by atoms with Gasteiger partial charge < -0.3 is 19.8 Å². The number of ether oxygens (including phenoxy) is 1. The van der Waals surface area contributed by atoms with Crippen LogP contribution in [0.25, 0.3) is 0 Å². The van der Waals surface area contributed by atoms with Crippen LogP contribution < -0.4 is 15.4 Å². The first-order valence-corrected chi connectivity index (χ1v) is 9.43. The summed E-state index contributed by atoms with van der Waals surface area (Å²) in [7, 11) is 3.57. The maximum Gasteiger partial charge on any atom is 0.184 e. The molecule has 2 aromatic carbocycles. The van der Waals surface area contributed by atoms with Gasteiger partial charge in [0.25, 0.3) is 0 Å². The smallest absolute Gasteiger partial charge is 0.184 e. The molecule has 148 valence electrons. The zero-order chi connectivity index (χ0) is 20.4. The van der Waals surface area contributed by atoms with Crippen LogP contribution in [0.1, 0.15) is 21.5 Å². The summed E-state index contributed by atoms with van der Waals surface area (Å²) in [5.74, 6) is 0.566. The second-order valence-corrected chi connectivity index (χ2v) is 7.02. The first-order chi connectivity index (χ1) is 14.1. The number of carbonyl (C=O) groups is 1. The van der Waals surface area contributed by atoms with Gasteiger partial charge in [0, 0.05) is 29.9 Å². The fraction of sp³-hybridized carbons (Fsp3) is 0.217. The molecule has 2 unspecified atom stereocenters. The highest BCUT2D eigenvalue weighted by molar-refractivity contribution is 6.16. The summed E-state index contributed by atoms with van der Waals surface area (Å²) >= 11 is 0. The predicted molar refractivity (Wildman–Crippen MR) is 113 cm³/mol. The molecular formula is C23H23N3O3. The van der Waals surface area contributed by atoms with Crippen molar-refractivity contribution in [2.75, 3.05) is 25.6 Å². The molecule has 0 spiro atoms. The van der Waals surface area contributed by atoms with Crippen LogP contribution in [0.5, 0.6) is 5.75 Å². The molecule has 0 saturated heterocycles. The molecule has 0 fully saturated rings. The van der Waals surface area contributed by atoms with Crippen LogP contribution in [0.3, 0.4) is 0 Å². The lowest BCUT2D eigenvalue weighted by Gasteiger charge is -2.32. The molecule has 6 nitrogen and oxygen atoms in total. The number of likely N-dealkylation sites (N-methyl/N-ethyl adjacent to an activating group) is 1. The van der Waals surface area contributed by atoms with Crippen molar-refractivity contribution in [3.05, 3.63) is 83.8 Å². The lowest BCUT2D eigenvalue weighted by Crippen LogP contribution is -2.52. The molecule has 0 bridgehead atoms. The van der Waals surface area contributed by atoms with E-state index in [-0.39, 0.29) is 11.8 Å². The zero-order valence-corrected chi connectivity index (χ0v) is 16.4. The van der Waals surface area contributed by atoms with E-state index in [0.717, 1.165) is 28.3 Å². The fourth-order valence-electron chi connectivity index (χ4n) is 3.67. The zero-order valence-electron chi connectivity index (χ0n) is 16.4. The Labute approximate surface area is 169 Å². The molecular weight excluding hydrogens is 366 g/mol. The number of nitrogens with two attached hydrogens (primary N) is 1. The summed E-state index contributed by atoms with van der Waals surface area (Å²) in [6, 6.07) is 16.5. The molecule has 0 aliphatic carbocycles. The van der Waals surface area contributed by atoms with Crippen molar-refractivity contribution in [2.24, 2.45) is 10.7 Å². The monoisotopic (exact) mass is 389 g/mol. The van der Waals surface area contributed by atoms with E-state index in [9.17, 15) is 4.79 Å². The molecule has 2 atom stereocenters. The number of carbonyl (C=O) groups excluding carboxylic acids is 1. The maximum absolute atomic E-state index is 12.9. The minimum absolute atomic E-state index is 0.168. The maximum atomic E-state index is 12.9. The van der Waals surface area contributed by atoms with Crippen LogP contribution in [-0.4, -0.2) is 44.3 Å². The van der Waals surface area contributed by atoms with Crippen molar-refractivity contribution in [3.63, 3.8) is 0 Å². The Hall–Kier alpha value is -3.38. The number of ketones is 1. The van der Waals surface area contributed by atoms with Gasteiger partial charge in [-0.1, -0.05) is 30.3 Å². The SMILES string of the molecule is COc1ccc2c(c1)N(C)C(C(N)C(=O)c1ccoc1)CN=C2c1ccccc1. The number of furan rings is 1. The fourth-order valence-corrected chi connectivity index (χ4v) is 3.67. The molecule has 1 aliphatic heterocycles. The Morgan fingerprint density at radius 3 is 2.72 bits per heavy atom. The van der Waals surface area contributed by atoms with Crippen molar-refractivity contribution in [1.82, 2.24) is 0 Å². The number of benzene rings is 2. The molecule has 6 heteroatoms. The highest BCUT2D eigenvalue weighted by Gasteiger charge is 2.33. The number of benzodiazepines with no additional fused rings is 1. The van der Waals surface area contributed by atoms with E-state index >= 15 is 0 Å². The number of Topliss-reactive ketones (excluding diaryl/α,β-unsaturated/α-hetero) is 1. The lowest BCUT2D eigenvalue weighted by molar-refractivity contribution is 0.0949. The third-order valence-electron chi connectivity index (χ3n) is 5.34. The van der Waals surface area contributed by atoms with Gasteiger partial charge in [-0.05, 0) is 18.2 Å². The van der Waals surface area contributed by atoms with Gasteiger partial charge in [0.15, 0.2) is 5.78 Å². The Balaban J connectivity index is 1.79. The number of nitrogens with zero attached hydrogens (tertiary/aromatic N) is 2. The van der Waals surface area contributed by atoms with Crippen LogP contribution in [0, 0.1) is 0 Å². The minimum Gasteiger partial charge on any atom is -0.497 e. The van der Waals surface area contributed by atoms with E-state index in [4.69, 9.17) is 19.9 Å². The topological polar surface area (TPSA) is 81.1 Å². The Kier molecular flexibility index (Phi) is 5.18. The van der Waals surface area contributed by atoms with E-state index in [2.05, 4.69) is 0 Å². The number of hydrogen-bond acceptors (Lipinski definition) is 6. The average molecular weight is 389 g/mol. The molecule has 0 amide bonds. The average Bonchev–Trinajstić information content (AvgIpc) is 3.26. The minimum atomic E-state index is -0.754. The molecule has 2 N–H and O–H groups in total. The van der Waals surface area contributed by atoms with Crippen LogP contribution in [-0.2, 0) is 0 Å². The molecule has 4 rings (SSSR count). The third kappa shape index (κ3) is 3.54. The molecule has 1 aliphatic rings. The molecule has 29 heavy (non-hydrogen) atoms. The molecule has 3 aromatic rings. The summed E-state index contributed by atoms with van der Waals surface area (Å²) in [5, 5.41) is 0. The van der Waals surface area contributed by atoms with E-state index in [1.165, 1.54) is 12.5 Å². The number of rotatable bonds is 5. The van der Waals surface area contributed by atoms with Gasteiger partial charge in [-0.25, -0.2) is 0 Å².